The average Bonchev–Trinajstić information content (AvgIpc) is 3.05. The number of anilines is 1. The zero-order valence-corrected chi connectivity index (χ0v) is 15.7. The quantitative estimate of drug-likeness (QED) is 0.620. The number of oxazole rings is 1. The molecular weight excluding hydrogens is 391 g/mol. The summed E-state index contributed by atoms with van der Waals surface area (Å²) < 4.78 is 10.5. The van der Waals surface area contributed by atoms with Crippen molar-refractivity contribution in [2.75, 3.05) is 11.9 Å². The highest BCUT2D eigenvalue weighted by molar-refractivity contribution is 6.39. The molecule has 2 aromatic carbocycles. The number of carbonyl (C=O) groups is 2. The summed E-state index contributed by atoms with van der Waals surface area (Å²) in [7, 11) is 0. The summed E-state index contributed by atoms with van der Waals surface area (Å²) in [6, 6.07) is 13.9. The maximum Gasteiger partial charge on any atom is 0.361 e. The zero-order valence-electron chi connectivity index (χ0n) is 14.2. The fraction of sp³-hybridized carbons (Fsp3) is 0.105. The van der Waals surface area contributed by atoms with Crippen molar-refractivity contribution in [1.82, 2.24) is 4.98 Å². The largest absolute Gasteiger partial charge is 0.451 e. The molecule has 0 aliphatic rings. The van der Waals surface area contributed by atoms with Crippen LogP contribution in [0.5, 0.6) is 0 Å². The number of esters is 1. The van der Waals surface area contributed by atoms with Crippen molar-refractivity contribution in [3.63, 3.8) is 0 Å². The number of aryl methyl sites for hydroxylation is 1. The third-order valence-corrected chi connectivity index (χ3v) is 4.20. The van der Waals surface area contributed by atoms with Crippen LogP contribution in [0, 0.1) is 6.92 Å². The van der Waals surface area contributed by atoms with E-state index in [1.807, 2.05) is 18.2 Å². The Morgan fingerprint density at radius 3 is 2.41 bits per heavy atom. The lowest BCUT2D eigenvalue weighted by atomic mass is 10.2. The predicted molar refractivity (Wildman–Crippen MR) is 102 cm³/mol. The molecule has 0 saturated heterocycles. The van der Waals surface area contributed by atoms with E-state index in [2.05, 4.69) is 10.3 Å². The maximum absolute atomic E-state index is 12.2. The molecule has 0 radical (unpaired) electrons. The molecule has 0 aliphatic carbocycles. The Morgan fingerprint density at radius 2 is 1.74 bits per heavy atom. The Kier molecular flexibility index (Phi) is 5.78. The molecule has 3 rings (SSSR count). The lowest BCUT2D eigenvalue weighted by Gasteiger charge is -2.09. The summed E-state index contributed by atoms with van der Waals surface area (Å²) in [5, 5.41) is 3.07. The van der Waals surface area contributed by atoms with Gasteiger partial charge in [0, 0.05) is 5.56 Å². The number of nitrogens with one attached hydrogen (secondary N) is 1. The summed E-state index contributed by atoms with van der Waals surface area (Å²) in [6.45, 7) is 1.08. The average molecular weight is 405 g/mol. The topological polar surface area (TPSA) is 81.4 Å². The first-order valence-corrected chi connectivity index (χ1v) is 8.65. The van der Waals surface area contributed by atoms with Crippen molar-refractivity contribution >= 4 is 40.8 Å². The van der Waals surface area contributed by atoms with Gasteiger partial charge in [-0.3, -0.25) is 4.79 Å². The van der Waals surface area contributed by atoms with Crippen LogP contribution in [0.25, 0.3) is 11.5 Å². The van der Waals surface area contributed by atoms with Gasteiger partial charge in [0.1, 0.15) is 5.76 Å². The number of amides is 1. The van der Waals surface area contributed by atoms with E-state index in [0.29, 0.717) is 11.7 Å². The molecule has 138 valence electrons. The van der Waals surface area contributed by atoms with E-state index in [9.17, 15) is 9.59 Å². The molecule has 1 N–H and O–H groups in total. The maximum atomic E-state index is 12.2. The Hall–Kier alpha value is -2.83. The second-order valence-corrected chi connectivity index (χ2v) is 6.33. The van der Waals surface area contributed by atoms with Gasteiger partial charge in [0.25, 0.3) is 5.91 Å². The molecule has 0 saturated carbocycles. The third-order valence-electron chi connectivity index (χ3n) is 3.57. The molecule has 0 unspecified atom stereocenters. The number of aromatic nitrogens is 1. The van der Waals surface area contributed by atoms with Crippen molar-refractivity contribution < 1.29 is 18.7 Å². The van der Waals surface area contributed by atoms with Gasteiger partial charge >= 0.3 is 5.97 Å². The normalized spacial score (nSPS) is 10.5. The monoisotopic (exact) mass is 404 g/mol. The van der Waals surface area contributed by atoms with Gasteiger partial charge < -0.3 is 14.5 Å². The number of hydrogen-bond acceptors (Lipinski definition) is 5. The lowest BCUT2D eigenvalue weighted by molar-refractivity contribution is -0.119. The highest BCUT2D eigenvalue weighted by atomic mass is 35.5. The second kappa shape index (κ2) is 8.24. The standard InChI is InChI=1S/C19H14Cl2N2O4/c1-11-16(23-18(27-11)12-6-3-2-4-7-12)19(25)26-10-15(24)22-17-13(20)8-5-9-14(17)21/h2-9H,10H2,1H3,(H,22,24). The van der Waals surface area contributed by atoms with Crippen molar-refractivity contribution in [3.05, 3.63) is 70.0 Å². The summed E-state index contributed by atoms with van der Waals surface area (Å²) in [5.41, 5.74) is 0.994. The number of ether oxygens (including phenoxy) is 1. The Morgan fingerprint density at radius 1 is 1.07 bits per heavy atom. The highest BCUT2D eigenvalue weighted by Crippen LogP contribution is 2.29. The molecule has 8 heteroatoms. The summed E-state index contributed by atoms with van der Waals surface area (Å²) in [6.07, 6.45) is 0. The van der Waals surface area contributed by atoms with Crippen LogP contribution in [0.3, 0.4) is 0 Å². The van der Waals surface area contributed by atoms with Crippen LogP contribution < -0.4 is 5.32 Å². The first-order chi connectivity index (χ1) is 13.0. The molecule has 1 heterocycles. The Bertz CT molecular complexity index is 966. The van der Waals surface area contributed by atoms with E-state index in [0.717, 1.165) is 5.56 Å². The van der Waals surface area contributed by atoms with E-state index in [-0.39, 0.29) is 21.4 Å². The predicted octanol–water partition coefficient (Wildman–Crippen LogP) is 4.75. The van der Waals surface area contributed by atoms with E-state index < -0.39 is 18.5 Å². The van der Waals surface area contributed by atoms with E-state index in [4.69, 9.17) is 32.4 Å². The minimum absolute atomic E-state index is 0.0115. The van der Waals surface area contributed by atoms with Gasteiger partial charge in [0.2, 0.25) is 5.89 Å². The first kappa shape index (κ1) is 18.9. The van der Waals surface area contributed by atoms with Crippen molar-refractivity contribution in [2.45, 2.75) is 6.92 Å². The minimum atomic E-state index is -0.765. The molecule has 1 aromatic heterocycles. The van der Waals surface area contributed by atoms with Crippen LogP contribution in [0.4, 0.5) is 5.69 Å². The number of nitrogens with zero attached hydrogens (tertiary/aromatic N) is 1. The molecule has 6 nitrogen and oxygen atoms in total. The highest BCUT2D eigenvalue weighted by Gasteiger charge is 2.20. The Balaban J connectivity index is 1.64. The van der Waals surface area contributed by atoms with Crippen molar-refractivity contribution in [3.8, 4) is 11.5 Å². The number of hydrogen-bond donors (Lipinski definition) is 1. The zero-order chi connectivity index (χ0) is 19.4. The molecule has 27 heavy (non-hydrogen) atoms. The number of carbonyl (C=O) groups excluding carboxylic acids is 2. The van der Waals surface area contributed by atoms with Gasteiger partial charge in [0.15, 0.2) is 12.3 Å². The number of rotatable bonds is 5. The SMILES string of the molecule is Cc1oc(-c2ccccc2)nc1C(=O)OCC(=O)Nc1c(Cl)cccc1Cl. The van der Waals surface area contributed by atoms with E-state index in [1.165, 1.54) is 0 Å². The van der Waals surface area contributed by atoms with Crippen molar-refractivity contribution in [1.29, 1.82) is 0 Å². The van der Waals surface area contributed by atoms with Gasteiger partial charge in [-0.05, 0) is 31.2 Å². The molecule has 1 amide bonds. The fourth-order valence-electron chi connectivity index (χ4n) is 2.28. The summed E-state index contributed by atoms with van der Waals surface area (Å²) in [5.74, 6) is -0.748. The molecule has 0 atom stereocenters. The van der Waals surface area contributed by atoms with E-state index in [1.54, 1.807) is 37.3 Å². The van der Waals surface area contributed by atoms with Gasteiger partial charge in [-0.1, -0.05) is 47.5 Å². The Labute approximate surface area is 165 Å². The van der Waals surface area contributed by atoms with E-state index >= 15 is 0 Å². The number of para-hydroxylation sites is 1. The summed E-state index contributed by atoms with van der Waals surface area (Å²) >= 11 is 12.0. The van der Waals surface area contributed by atoms with Crippen LogP contribution in [-0.4, -0.2) is 23.5 Å². The lowest BCUT2D eigenvalue weighted by Crippen LogP contribution is -2.21. The van der Waals surface area contributed by atoms with Gasteiger partial charge in [-0.25, -0.2) is 9.78 Å². The third kappa shape index (κ3) is 4.48. The molecule has 0 spiro atoms. The fourth-order valence-corrected chi connectivity index (χ4v) is 2.77. The molecular formula is C19H14Cl2N2O4. The van der Waals surface area contributed by atoms with Crippen LogP contribution in [0.1, 0.15) is 16.2 Å². The van der Waals surface area contributed by atoms with Crippen LogP contribution in [0.15, 0.2) is 52.9 Å². The van der Waals surface area contributed by atoms with Crippen LogP contribution >= 0.6 is 23.2 Å². The summed E-state index contributed by atoms with van der Waals surface area (Å²) in [4.78, 5) is 28.4. The van der Waals surface area contributed by atoms with Crippen molar-refractivity contribution in [2.24, 2.45) is 0 Å². The first-order valence-electron chi connectivity index (χ1n) is 7.89. The van der Waals surface area contributed by atoms with Crippen LogP contribution in [-0.2, 0) is 9.53 Å². The molecule has 0 fully saturated rings. The molecule has 3 aromatic rings. The van der Waals surface area contributed by atoms with Gasteiger partial charge in [0.05, 0.1) is 15.7 Å². The van der Waals surface area contributed by atoms with Crippen LogP contribution in [0.2, 0.25) is 10.0 Å². The van der Waals surface area contributed by atoms with Gasteiger partial charge in [-0.15, -0.1) is 0 Å². The molecule has 0 bridgehead atoms. The molecule has 0 aliphatic heterocycles. The van der Waals surface area contributed by atoms with Gasteiger partial charge in [-0.2, -0.15) is 0 Å². The second-order valence-electron chi connectivity index (χ2n) is 5.51. The number of halogens is 2. The minimum Gasteiger partial charge on any atom is -0.451 e. The number of benzene rings is 2. The smallest absolute Gasteiger partial charge is 0.361 e.